The smallest absolute Gasteiger partial charge is 0.0558 e. The lowest BCUT2D eigenvalue weighted by molar-refractivity contribution is 0.136. The average molecular weight is 223 g/mol. The predicted molar refractivity (Wildman–Crippen MR) is 61.7 cm³/mol. The van der Waals surface area contributed by atoms with Crippen LogP contribution in [-0.2, 0) is 0 Å². The summed E-state index contributed by atoms with van der Waals surface area (Å²) in [5, 5.41) is 25.5. The predicted octanol–water partition coefficient (Wildman–Crippen LogP) is -0.633. The molecule has 0 radical (unpaired) electrons. The molecule has 0 atom stereocenters. The van der Waals surface area contributed by atoms with Gasteiger partial charge in [-0.2, -0.15) is 12.6 Å². The van der Waals surface area contributed by atoms with E-state index in [1.165, 1.54) is 0 Å². The van der Waals surface area contributed by atoms with Crippen molar-refractivity contribution in [1.82, 2.24) is 4.90 Å². The Kier molecular flexibility index (Phi) is 18.0. The lowest BCUT2D eigenvalue weighted by Gasteiger charge is -2.17. The molecular formula is C9H21NO3S. The first kappa shape index (κ1) is 16.4. The van der Waals surface area contributed by atoms with Crippen molar-refractivity contribution in [2.45, 2.75) is 0 Å². The standard InChI is InChI=1S/C6H15NO3.C3H6S/c8-4-1-7(2-5-9)3-6-10;1-2-3-4/h8-10H,1-6H2;2,4H,1,3H2. The summed E-state index contributed by atoms with van der Waals surface area (Å²) in [5.74, 6) is 0.778. The number of nitrogens with zero attached hydrogens (tertiary/aromatic N) is 1. The van der Waals surface area contributed by atoms with Crippen LogP contribution >= 0.6 is 12.6 Å². The molecule has 0 rings (SSSR count). The van der Waals surface area contributed by atoms with Gasteiger partial charge in [0.05, 0.1) is 19.8 Å². The average Bonchev–Trinajstić information content (AvgIpc) is 2.20. The van der Waals surface area contributed by atoms with Crippen LogP contribution in [0.15, 0.2) is 12.7 Å². The van der Waals surface area contributed by atoms with Crippen LogP contribution in [0.25, 0.3) is 0 Å². The molecule has 4 nitrogen and oxygen atoms in total. The molecule has 0 aromatic carbocycles. The number of aliphatic hydroxyl groups is 3. The Balaban J connectivity index is 0. The van der Waals surface area contributed by atoms with E-state index in [4.69, 9.17) is 15.3 Å². The molecule has 0 aliphatic heterocycles. The van der Waals surface area contributed by atoms with E-state index in [0.29, 0.717) is 19.6 Å². The third kappa shape index (κ3) is 14.5. The van der Waals surface area contributed by atoms with E-state index < -0.39 is 0 Å². The normalized spacial score (nSPS) is 9.50. The van der Waals surface area contributed by atoms with Crippen molar-refractivity contribution in [3.63, 3.8) is 0 Å². The van der Waals surface area contributed by atoms with Gasteiger partial charge in [-0.05, 0) is 0 Å². The molecule has 0 unspecified atom stereocenters. The third-order valence-corrected chi connectivity index (χ3v) is 1.64. The van der Waals surface area contributed by atoms with Gasteiger partial charge in [-0.3, -0.25) is 4.90 Å². The van der Waals surface area contributed by atoms with Gasteiger partial charge in [0.1, 0.15) is 0 Å². The highest BCUT2D eigenvalue weighted by Crippen LogP contribution is 1.84. The van der Waals surface area contributed by atoms with E-state index in [9.17, 15) is 0 Å². The fourth-order valence-corrected chi connectivity index (χ4v) is 0.760. The number of hydrogen-bond acceptors (Lipinski definition) is 5. The maximum atomic E-state index is 8.48. The van der Waals surface area contributed by atoms with Crippen molar-refractivity contribution < 1.29 is 15.3 Å². The molecular weight excluding hydrogens is 202 g/mol. The van der Waals surface area contributed by atoms with Crippen LogP contribution in [0.4, 0.5) is 0 Å². The number of rotatable bonds is 7. The molecule has 0 saturated carbocycles. The first-order chi connectivity index (χ1) is 6.76. The lowest BCUT2D eigenvalue weighted by atomic mass is 10.4. The summed E-state index contributed by atoms with van der Waals surface area (Å²) in [6.45, 7) is 5.16. The van der Waals surface area contributed by atoms with Crippen LogP contribution in [0.5, 0.6) is 0 Å². The Hall–Kier alpha value is -0.0700. The maximum absolute atomic E-state index is 8.48. The quantitative estimate of drug-likeness (QED) is 0.343. The maximum Gasteiger partial charge on any atom is 0.0558 e. The molecule has 0 saturated heterocycles. The van der Waals surface area contributed by atoms with Crippen LogP contribution in [0.3, 0.4) is 0 Å². The van der Waals surface area contributed by atoms with E-state index in [0.717, 1.165) is 5.75 Å². The van der Waals surface area contributed by atoms with Gasteiger partial charge in [-0.25, -0.2) is 0 Å². The minimum Gasteiger partial charge on any atom is -0.395 e. The molecule has 0 aliphatic rings. The zero-order valence-electron chi connectivity index (χ0n) is 8.47. The van der Waals surface area contributed by atoms with Gasteiger partial charge in [0, 0.05) is 25.4 Å². The van der Waals surface area contributed by atoms with Crippen LogP contribution in [0.1, 0.15) is 0 Å². The first-order valence-corrected chi connectivity index (χ1v) is 5.16. The Labute approximate surface area is 91.3 Å². The van der Waals surface area contributed by atoms with Crippen LogP contribution in [0, 0.1) is 0 Å². The lowest BCUT2D eigenvalue weighted by Crippen LogP contribution is -2.32. The number of hydrogen-bond donors (Lipinski definition) is 4. The molecule has 0 aliphatic carbocycles. The van der Waals surface area contributed by atoms with Crippen molar-refractivity contribution in [2.24, 2.45) is 0 Å². The van der Waals surface area contributed by atoms with Crippen LogP contribution < -0.4 is 0 Å². The van der Waals surface area contributed by atoms with E-state index >= 15 is 0 Å². The highest BCUT2D eigenvalue weighted by atomic mass is 32.1. The molecule has 0 aromatic heterocycles. The Morgan fingerprint density at radius 1 is 1.00 bits per heavy atom. The summed E-state index contributed by atoms with van der Waals surface area (Å²) < 4.78 is 0. The Morgan fingerprint density at radius 3 is 1.43 bits per heavy atom. The van der Waals surface area contributed by atoms with Gasteiger partial charge in [-0.15, -0.1) is 6.58 Å². The minimum absolute atomic E-state index is 0.0694. The fraction of sp³-hybridized carbons (Fsp3) is 0.778. The molecule has 0 bridgehead atoms. The van der Waals surface area contributed by atoms with Gasteiger partial charge < -0.3 is 15.3 Å². The summed E-state index contributed by atoms with van der Waals surface area (Å²) in [7, 11) is 0. The second kappa shape index (κ2) is 15.4. The Bertz CT molecular complexity index is 100.0. The largest absolute Gasteiger partial charge is 0.395 e. The summed E-state index contributed by atoms with van der Waals surface area (Å²) >= 11 is 3.80. The summed E-state index contributed by atoms with van der Waals surface area (Å²) in [5.41, 5.74) is 0. The van der Waals surface area contributed by atoms with Gasteiger partial charge in [-0.1, -0.05) is 6.08 Å². The topological polar surface area (TPSA) is 63.9 Å². The molecule has 0 aromatic rings. The van der Waals surface area contributed by atoms with E-state index in [1.54, 1.807) is 11.0 Å². The zero-order valence-corrected chi connectivity index (χ0v) is 9.36. The van der Waals surface area contributed by atoms with E-state index in [-0.39, 0.29) is 19.8 Å². The number of thiol groups is 1. The molecule has 14 heavy (non-hydrogen) atoms. The fourth-order valence-electron chi connectivity index (χ4n) is 0.760. The summed E-state index contributed by atoms with van der Waals surface area (Å²) in [6, 6.07) is 0. The molecule has 86 valence electrons. The second-order valence-corrected chi connectivity index (χ2v) is 2.85. The van der Waals surface area contributed by atoms with Crippen molar-refractivity contribution in [3.8, 4) is 0 Å². The van der Waals surface area contributed by atoms with Gasteiger partial charge in [0.25, 0.3) is 0 Å². The molecule has 0 heterocycles. The van der Waals surface area contributed by atoms with Crippen molar-refractivity contribution in [2.75, 3.05) is 45.2 Å². The SMILES string of the molecule is C=CCS.OCCN(CCO)CCO. The molecule has 0 spiro atoms. The molecule has 5 heteroatoms. The zero-order chi connectivity index (χ0) is 11.2. The van der Waals surface area contributed by atoms with Gasteiger partial charge >= 0.3 is 0 Å². The molecule has 0 amide bonds. The van der Waals surface area contributed by atoms with Crippen molar-refractivity contribution in [1.29, 1.82) is 0 Å². The van der Waals surface area contributed by atoms with E-state index in [1.807, 2.05) is 0 Å². The highest BCUT2D eigenvalue weighted by Gasteiger charge is 2.00. The molecule has 0 fully saturated rings. The van der Waals surface area contributed by atoms with Crippen molar-refractivity contribution >= 4 is 12.6 Å². The van der Waals surface area contributed by atoms with Gasteiger partial charge in [0.2, 0.25) is 0 Å². The van der Waals surface area contributed by atoms with Crippen LogP contribution in [0.2, 0.25) is 0 Å². The third-order valence-electron chi connectivity index (χ3n) is 1.38. The highest BCUT2D eigenvalue weighted by molar-refractivity contribution is 7.80. The minimum atomic E-state index is 0.0694. The number of aliphatic hydroxyl groups excluding tert-OH is 3. The first-order valence-electron chi connectivity index (χ1n) is 4.53. The van der Waals surface area contributed by atoms with E-state index in [2.05, 4.69) is 19.2 Å². The summed E-state index contributed by atoms with van der Waals surface area (Å²) in [6.07, 6.45) is 1.74. The summed E-state index contributed by atoms with van der Waals surface area (Å²) in [4.78, 5) is 1.79. The van der Waals surface area contributed by atoms with Gasteiger partial charge in [0.15, 0.2) is 0 Å². The monoisotopic (exact) mass is 223 g/mol. The Morgan fingerprint density at radius 2 is 1.29 bits per heavy atom. The van der Waals surface area contributed by atoms with Crippen molar-refractivity contribution in [3.05, 3.63) is 12.7 Å². The van der Waals surface area contributed by atoms with Crippen LogP contribution in [-0.4, -0.2) is 65.4 Å². The second-order valence-electron chi connectivity index (χ2n) is 2.48. The molecule has 3 N–H and O–H groups in total.